The summed E-state index contributed by atoms with van der Waals surface area (Å²) < 4.78 is 5.58. The topological polar surface area (TPSA) is 79.5 Å². The second-order valence-electron chi connectivity index (χ2n) is 5.77. The maximum absolute atomic E-state index is 11.9. The molecule has 7 heteroatoms. The maximum atomic E-state index is 11.9. The molecule has 0 atom stereocenters. The molecule has 6 nitrogen and oxygen atoms in total. The summed E-state index contributed by atoms with van der Waals surface area (Å²) in [6.07, 6.45) is 3.27. The van der Waals surface area contributed by atoms with Crippen LogP contribution in [0.15, 0.2) is 42.5 Å². The van der Waals surface area contributed by atoms with E-state index in [1.807, 2.05) is 42.5 Å². The van der Waals surface area contributed by atoms with Crippen molar-refractivity contribution in [3.8, 4) is 5.75 Å². The molecule has 3 N–H and O–H groups in total. The highest BCUT2D eigenvalue weighted by Crippen LogP contribution is 2.24. The predicted octanol–water partition coefficient (Wildman–Crippen LogP) is 2.82. The Balaban J connectivity index is 1.73. The highest BCUT2D eigenvalue weighted by Gasteiger charge is 2.08. The molecular formula is C19H23N3O3S. The zero-order valence-electron chi connectivity index (χ0n) is 14.7. The van der Waals surface area contributed by atoms with E-state index >= 15 is 0 Å². The third kappa shape index (κ3) is 6.33. The zero-order valence-corrected chi connectivity index (χ0v) is 15.5. The number of hydrazine groups is 1. The van der Waals surface area contributed by atoms with Crippen molar-refractivity contribution in [1.82, 2.24) is 16.2 Å². The van der Waals surface area contributed by atoms with Gasteiger partial charge in [0.15, 0.2) is 11.7 Å². The van der Waals surface area contributed by atoms with Crippen molar-refractivity contribution in [2.24, 2.45) is 0 Å². The molecule has 2 amide bonds. The first kappa shape index (κ1) is 19.7. The van der Waals surface area contributed by atoms with Gasteiger partial charge in [0.05, 0.1) is 0 Å². The second kappa shape index (κ2) is 10.4. The van der Waals surface area contributed by atoms with Gasteiger partial charge in [-0.05, 0) is 30.1 Å². The molecule has 0 radical (unpaired) electrons. The average Bonchev–Trinajstić information content (AvgIpc) is 2.65. The summed E-state index contributed by atoms with van der Waals surface area (Å²) in [5.74, 6) is 0.0581. The van der Waals surface area contributed by atoms with Gasteiger partial charge in [-0.1, -0.05) is 56.2 Å². The number of carbonyl (C=O) groups excluding carboxylic acids is 2. The third-order valence-electron chi connectivity index (χ3n) is 3.68. The summed E-state index contributed by atoms with van der Waals surface area (Å²) in [5, 5.41) is 4.55. The van der Waals surface area contributed by atoms with E-state index < -0.39 is 5.91 Å². The van der Waals surface area contributed by atoms with Crippen LogP contribution in [-0.4, -0.2) is 23.5 Å². The van der Waals surface area contributed by atoms with Crippen LogP contribution in [0.2, 0.25) is 0 Å². The molecule has 26 heavy (non-hydrogen) atoms. The summed E-state index contributed by atoms with van der Waals surface area (Å²) in [5.41, 5.74) is 4.90. The number of ether oxygens (including phenoxy) is 1. The number of hydrogen-bond acceptors (Lipinski definition) is 4. The van der Waals surface area contributed by atoms with E-state index in [2.05, 4.69) is 23.1 Å². The first-order chi connectivity index (χ1) is 12.6. The van der Waals surface area contributed by atoms with Crippen LogP contribution in [-0.2, 0) is 9.59 Å². The van der Waals surface area contributed by atoms with E-state index in [1.165, 1.54) is 0 Å². The molecule has 138 valence electrons. The first-order valence-corrected chi connectivity index (χ1v) is 9.00. The molecule has 0 fully saturated rings. The number of carbonyl (C=O) groups is 2. The number of nitrogens with one attached hydrogen (secondary N) is 3. The van der Waals surface area contributed by atoms with Gasteiger partial charge in [-0.2, -0.15) is 0 Å². The minimum Gasteiger partial charge on any atom is -0.483 e. The minimum absolute atomic E-state index is 0.0602. The van der Waals surface area contributed by atoms with Crippen LogP contribution < -0.4 is 20.9 Å². The monoisotopic (exact) mass is 373 g/mol. The van der Waals surface area contributed by atoms with E-state index in [1.54, 1.807) is 0 Å². The van der Waals surface area contributed by atoms with Crippen molar-refractivity contribution in [2.75, 3.05) is 6.61 Å². The molecule has 2 aromatic carbocycles. The number of amides is 2. The van der Waals surface area contributed by atoms with Crippen LogP contribution in [0.1, 0.15) is 32.6 Å². The summed E-state index contributed by atoms with van der Waals surface area (Å²) in [6.45, 7) is 1.90. The van der Waals surface area contributed by atoms with E-state index in [-0.39, 0.29) is 17.6 Å². The maximum Gasteiger partial charge on any atom is 0.276 e. The fourth-order valence-corrected chi connectivity index (χ4v) is 2.55. The number of thiocarbonyl (C=S) groups is 1. The molecule has 0 aliphatic heterocycles. The van der Waals surface area contributed by atoms with Gasteiger partial charge in [-0.3, -0.25) is 20.4 Å². The summed E-state index contributed by atoms with van der Waals surface area (Å²) in [6, 6.07) is 13.4. The molecule has 0 unspecified atom stereocenters. The Kier molecular flexibility index (Phi) is 7.82. The first-order valence-electron chi connectivity index (χ1n) is 8.59. The van der Waals surface area contributed by atoms with Gasteiger partial charge in [0.2, 0.25) is 5.91 Å². The van der Waals surface area contributed by atoms with Gasteiger partial charge in [-0.25, -0.2) is 0 Å². The number of rotatable bonds is 7. The molecule has 0 saturated carbocycles. The lowest BCUT2D eigenvalue weighted by atomic mass is 10.1. The Hall–Kier alpha value is -2.67. The zero-order chi connectivity index (χ0) is 18.8. The van der Waals surface area contributed by atoms with E-state index in [0.29, 0.717) is 12.2 Å². The van der Waals surface area contributed by atoms with Gasteiger partial charge in [-0.15, -0.1) is 0 Å². The van der Waals surface area contributed by atoms with Gasteiger partial charge < -0.3 is 10.1 Å². The van der Waals surface area contributed by atoms with Crippen LogP contribution in [0.4, 0.5) is 0 Å². The lowest BCUT2D eigenvalue weighted by Crippen LogP contribution is -2.49. The number of hydrogen-bond donors (Lipinski definition) is 3. The smallest absolute Gasteiger partial charge is 0.276 e. The quantitative estimate of drug-likeness (QED) is 0.395. The van der Waals surface area contributed by atoms with Crippen molar-refractivity contribution >= 4 is 39.9 Å². The van der Waals surface area contributed by atoms with E-state index in [0.717, 1.165) is 30.0 Å². The molecule has 0 aromatic heterocycles. The Labute approximate surface area is 158 Å². The Morgan fingerprint density at radius 3 is 2.58 bits per heavy atom. The van der Waals surface area contributed by atoms with Crippen LogP contribution in [0.3, 0.4) is 0 Å². The Morgan fingerprint density at radius 2 is 1.77 bits per heavy atom. The van der Waals surface area contributed by atoms with Crippen LogP contribution in [0.25, 0.3) is 10.8 Å². The minimum atomic E-state index is -0.402. The van der Waals surface area contributed by atoms with Crippen molar-refractivity contribution < 1.29 is 14.3 Å². The molecule has 0 heterocycles. The second-order valence-corrected chi connectivity index (χ2v) is 6.18. The molecule has 0 saturated heterocycles. The molecule has 2 aromatic rings. The molecule has 0 aliphatic carbocycles. The molecule has 0 aliphatic rings. The van der Waals surface area contributed by atoms with Gasteiger partial charge in [0.25, 0.3) is 5.91 Å². The van der Waals surface area contributed by atoms with E-state index in [4.69, 9.17) is 17.0 Å². The van der Waals surface area contributed by atoms with Gasteiger partial charge in [0, 0.05) is 11.8 Å². The number of fused-ring (bicyclic) bond motifs is 1. The fraction of sp³-hybridized carbons (Fsp3) is 0.316. The summed E-state index contributed by atoms with van der Waals surface area (Å²) >= 11 is 4.97. The molecular weight excluding hydrogens is 350 g/mol. The van der Waals surface area contributed by atoms with Crippen molar-refractivity contribution in [2.45, 2.75) is 32.6 Å². The van der Waals surface area contributed by atoms with Crippen LogP contribution in [0, 0.1) is 0 Å². The van der Waals surface area contributed by atoms with Crippen LogP contribution >= 0.6 is 12.2 Å². The van der Waals surface area contributed by atoms with Gasteiger partial charge in [0.1, 0.15) is 5.75 Å². The normalized spacial score (nSPS) is 10.2. The standard InChI is InChI=1S/C19H23N3O3S/c1-2-3-4-12-17(23)20-19(26)22-21-18(24)13-25-16-11-7-9-14-8-5-6-10-15(14)16/h5-11H,2-4,12-13H2,1H3,(H,21,24)(H2,20,22,23,26). The third-order valence-corrected chi connectivity index (χ3v) is 3.89. The Bertz CT molecular complexity index is 774. The predicted molar refractivity (Wildman–Crippen MR) is 106 cm³/mol. The SMILES string of the molecule is CCCCCC(=O)NC(=S)NNC(=O)COc1cccc2ccccc12. The van der Waals surface area contributed by atoms with Crippen LogP contribution in [0.5, 0.6) is 5.75 Å². The molecule has 0 spiro atoms. The highest BCUT2D eigenvalue weighted by molar-refractivity contribution is 7.80. The highest BCUT2D eigenvalue weighted by atomic mass is 32.1. The molecule has 0 bridgehead atoms. The van der Waals surface area contributed by atoms with Gasteiger partial charge >= 0.3 is 0 Å². The lowest BCUT2D eigenvalue weighted by Gasteiger charge is -2.12. The summed E-state index contributed by atoms with van der Waals surface area (Å²) in [7, 11) is 0. The Morgan fingerprint density at radius 1 is 1.00 bits per heavy atom. The largest absolute Gasteiger partial charge is 0.483 e. The average molecular weight is 373 g/mol. The van der Waals surface area contributed by atoms with Crippen molar-refractivity contribution in [3.63, 3.8) is 0 Å². The van der Waals surface area contributed by atoms with E-state index in [9.17, 15) is 9.59 Å². The number of benzene rings is 2. The molecule has 2 rings (SSSR count). The van der Waals surface area contributed by atoms with Crippen molar-refractivity contribution in [1.29, 1.82) is 0 Å². The number of unbranched alkanes of at least 4 members (excludes halogenated alkanes) is 2. The lowest BCUT2D eigenvalue weighted by molar-refractivity contribution is -0.124. The fourth-order valence-electron chi connectivity index (χ4n) is 2.38. The van der Waals surface area contributed by atoms with Crippen molar-refractivity contribution in [3.05, 3.63) is 42.5 Å². The summed E-state index contributed by atoms with van der Waals surface area (Å²) in [4.78, 5) is 23.5.